The van der Waals surface area contributed by atoms with Crippen LogP contribution in [-0.4, -0.2) is 53.9 Å². The normalized spacial score (nSPS) is 19.9. The van der Waals surface area contributed by atoms with E-state index in [4.69, 9.17) is 5.73 Å². The summed E-state index contributed by atoms with van der Waals surface area (Å²) in [6.45, 7) is 1.57. The van der Waals surface area contributed by atoms with Gasteiger partial charge in [0, 0.05) is 25.3 Å². The number of likely N-dealkylation sites (N-methyl/N-ethyl adjacent to an activating group) is 1. The molecule has 1 amide bonds. The zero-order valence-corrected chi connectivity index (χ0v) is 10.3. The lowest BCUT2D eigenvalue weighted by atomic mass is 10.2. The molecule has 1 aliphatic rings. The molecule has 5 nitrogen and oxygen atoms in total. The van der Waals surface area contributed by atoms with Gasteiger partial charge in [0.05, 0.1) is 17.4 Å². The summed E-state index contributed by atoms with van der Waals surface area (Å²) in [5.74, 6) is 0.00856. The number of carbonyl (C=O) groups is 1. The molecule has 1 fully saturated rings. The minimum absolute atomic E-state index is 0.00856. The third kappa shape index (κ3) is 2.39. The molecule has 2 rings (SSSR count). The van der Waals surface area contributed by atoms with Gasteiger partial charge in [-0.1, -0.05) is 0 Å². The van der Waals surface area contributed by atoms with Crippen LogP contribution in [0.3, 0.4) is 0 Å². The quantitative estimate of drug-likeness (QED) is 0.806. The van der Waals surface area contributed by atoms with E-state index < -0.39 is 0 Å². The van der Waals surface area contributed by atoms with Gasteiger partial charge < -0.3 is 15.5 Å². The van der Waals surface area contributed by atoms with Crippen LogP contribution in [0.25, 0.3) is 0 Å². The number of carbonyl (C=O) groups excluding carboxylic acids is 1. The monoisotopic (exact) mass is 234 g/mol. The minimum Gasteiger partial charge on any atom is -0.397 e. The van der Waals surface area contributed by atoms with Crippen LogP contribution in [0.1, 0.15) is 16.8 Å². The van der Waals surface area contributed by atoms with Gasteiger partial charge >= 0.3 is 0 Å². The molecule has 1 aromatic heterocycles. The van der Waals surface area contributed by atoms with Crippen molar-refractivity contribution < 1.29 is 4.79 Å². The highest BCUT2D eigenvalue weighted by Gasteiger charge is 2.28. The summed E-state index contributed by atoms with van der Waals surface area (Å²) >= 11 is 0. The minimum atomic E-state index is 0.00856. The highest BCUT2D eigenvalue weighted by Crippen LogP contribution is 2.18. The predicted octanol–water partition coefficient (Wildman–Crippen LogP) is 0.440. The van der Waals surface area contributed by atoms with E-state index in [2.05, 4.69) is 9.88 Å². The maximum absolute atomic E-state index is 12.2. The number of hydrogen-bond acceptors (Lipinski definition) is 4. The zero-order valence-electron chi connectivity index (χ0n) is 10.3. The molecule has 17 heavy (non-hydrogen) atoms. The molecule has 2 N–H and O–H groups in total. The fourth-order valence-corrected chi connectivity index (χ4v) is 2.12. The lowest BCUT2D eigenvalue weighted by Gasteiger charge is -2.20. The lowest BCUT2D eigenvalue weighted by Crippen LogP contribution is -2.34. The summed E-state index contributed by atoms with van der Waals surface area (Å²) in [6, 6.07) is 2.13. The van der Waals surface area contributed by atoms with Crippen LogP contribution in [0, 0.1) is 0 Å². The van der Waals surface area contributed by atoms with Crippen molar-refractivity contribution in [3.05, 3.63) is 24.0 Å². The highest BCUT2D eigenvalue weighted by atomic mass is 16.2. The van der Waals surface area contributed by atoms with Gasteiger partial charge in [-0.3, -0.25) is 9.78 Å². The number of likely N-dealkylation sites (tertiary alicyclic amines) is 1. The summed E-state index contributed by atoms with van der Waals surface area (Å²) in [4.78, 5) is 20.1. The largest absolute Gasteiger partial charge is 0.397 e. The van der Waals surface area contributed by atoms with E-state index in [1.165, 1.54) is 6.20 Å². The number of anilines is 1. The first-order valence-electron chi connectivity index (χ1n) is 5.75. The number of rotatable bonds is 2. The molecular weight excluding hydrogens is 216 g/mol. The van der Waals surface area contributed by atoms with Crippen molar-refractivity contribution in [3.63, 3.8) is 0 Å². The Balaban J connectivity index is 2.10. The zero-order chi connectivity index (χ0) is 12.4. The van der Waals surface area contributed by atoms with Crippen LogP contribution in [0.2, 0.25) is 0 Å². The van der Waals surface area contributed by atoms with E-state index in [9.17, 15) is 4.79 Å². The van der Waals surface area contributed by atoms with E-state index in [1.54, 1.807) is 12.3 Å². The molecule has 0 bridgehead atoms. The number of amides is 1. The standard InChI is InChI=1S/C12H18N4O/c1-15(2)9-4-6-16(8-9)12(17)10-3-5-14-7-11(10)13/h3,5,7,9H,4,6,8,13H2,1-2H3. The molecule has 1 aliphatic heterocycles. The van der Waals surface area contributed by atoms with Crippen molar-refractivity contribution in [1.82, 2.24) is 14.8 Å². The number of nitrogens with zero attached hydrogens (tertiary/aromatic N) is 3. The smallest absolute Gasteiger partial charge is 0.256 e. The Bertz CT molecular complexity index is 419. The third-order valence-corrected chi connectivity index (χ3v) is 3.26. The molecular formula is C12H18N4O. The number of pyridine rings is 1. The fraction of sp³-hybridized carbons (Fsp3) is 0.500. The molecule has 1 atom stereocenters. The van der Waals surface area contributed by atoms with E-state index in [-0.39, 0.29) is 5.91 Å². The number of hydrogen-bond donors (Lipinski definition) is 1. The maximum Gasteiger partial charge on any atom is 0.256 e. The van der Waals surface area contributed by atoms with Crippen LogP contribution in [0.5, 0.6) is 0 Å². The van der Waals surface area contributed by atoms with Crippen molar-refractivity contribution in [2.45, 2.75) is 12.5 Å². The molecule has 0 radical (unpaired) electrons. The van der Waals surface area contributed by atoms with Crippen molar-refractivity contribution in [1.29, 1.82) is 0 Å². The number of nitrogen functional groups attached to an aromatic ring is 1. The Kier molecular flexibility index (Phi) is 3.28. The molecule has 1 unspecified atom stereocenters. The first-order chi connectivity index (χ1) is 8.09. The Hall–Kier alpha value is -1.62. The van der Waals surface area contributed by atoms with Gasteiger partial charge in [0.1, 0.15) is 0 Å². The lowest BCUT2D eigenvalue weighted by molar-refractivity contribution is 0.0784. The van der Waals surface area contributed by atoms with Crippen molar-refractivity contribution in [2.24, 2.45) is 0 Å². The topological polar surface area (TPSA) is 62.5 Å². The van der Waals surface area contributed by atoms with Gasteiger partial charge in [-0.25, -0.2) is 0 Å². The van der Waals surface area contributed by atoms with E-state index >= 15 is 0 Å². The van der Waals surface area contributed by atoms with Gasteiger partial charge in [0.15, 0.2) is 0 Å². The fourth-order valence-electron chi connectivity index (χ4n) is 2.12. The molecule has 0 saturated carbocycles. The molecule has 0 aliphatic carbocycles. The Labute approximate surface area is 101 Å². The van der Waals surface area contributed by atoms with Crippen molar-refractivity contribution >= 4 is 11.6 Å². The summed E-state index contributed by atoms with van der Waals surface area (Å²) in [5.41, 5.74) is 6.77. The summed E-state index contributed by atoms with van der Waals surface area (Å²) < 4.78 is 0. The van der Waals surface area contributed by atoms with Gasteiger partial charge in [0.2, 0.25) is 0 Å². The Morgan fingerprint density at radius 3 is 2.94 bits per heavy atom. The van der Waals surface area contributed by atoms with Gasteiger partial charge in [-0.2, -0.15) is 0 Å². The van der Waals surface area contributed by atoms with Gasteiger partial charge in [-0.15, -0.1) is 0 Å². The van der Waals surface area contributed by atoms with Crippen molar-refractivity contribution in [3.8, 4) is 0 Å². The number of nitrogens with two attached hydrogens (primary N) is 1. The molecule has 0 aromatic carbocycles. The Morgan fingerprint density at radius 2 is 2.35 bits per heavy atom. The van der Waals surface area contributed by atoms with Crippen LogP contribution in [0.15, 0.2) is 18.5 Å². The SMILES string of the molecule is CN(C)C1CCN(C(=O)c2ccncc2N)C1. The van der Waals surface area contributed by atoms with Crippen LogP contribution >= 0.6 is 0 Å². The molecule has 92 valence electrons. The van der Waals surface area contributed by atoms with E-state index in [1.807, 2.05) is 19.0 Å². The summed E-state index contributed by atoms with van der Waals surface area (Å²) in [5, 5.41) is 0. The first kappa shape index (κ1) is 11.9. The van der Waals surface area contributed by atoms with E-state index in [0.717, 1.165) is 19.5 Å². The molecule has 0 spiro atoms. The molecule has 5 heteroatoms. The van der Waals surface area contributed by atoms with Gasteiger partial charge in [0.25, 0.3) is 5.91 Å². The van der Waals surface area contributed by atoms with Gasteiger partial charge in [-0.05, 0) is 26.6 Å². The average Bonchev–Trinajstić information content (AvgIpc) is 2.78. The molecule has 1 saturated heterocycles. The highest BCUT2D eigenvalue weighted by molar-refractivity contribution is 5.99. The third-order valence-electron chi connectivity index (χ3n) is 3.26. The number of aromatic nitrogens is 1. The van der Waals surface area contributed by atoms with Crippen LogP contribution in [-0.2, 0) is 0 Å². The molecule has 2 heterocycles. The summed E-state index contributed by atoms with van der Waals surface area (Å²) in [6.07, 6.45) is 4.14. The first-order valence-corrected chi connectivity index (χ1v) is 5.75. The Morgan fingerprint density at radius 1 is 1.59 bits per heavy atom. The molecule has 1 aromatic rings. The van der Waals surface area contributed by atoms with Crippen molar-refractivity contribution in [2.75, 3.05) is 32.9 Å². The predicted molar refractivity (Wildman–Crippen MR) is 66.6 cm³/mol. The maximum atomic E-state index is 12.2. The second-order valence-corrected chi connectivity index (χ2v) is 4.62. The van der Waals surface area contributed by atoms with Crippen LogP contribution in [0.4, 0.5) is 5.69 Å². The second-order valence-electron chi connectivity index (χ2n) is 4.62. The average molecular weight is 234 g/mol. The van der Waals surface area contributed by atoms with E-state index in [0.29, 0.717) is 17.3 Å². The second kappa shape index (κ2) is 4.71. The summed E-state index contributed by atoms with van der Waals surface area (Å²) in [7, 11) is 4.08. The van der Waals surface area contributed by atoms with Crippen LogP contribution < -0.4 is 5.73 Å².